The summed E-state index contributed by atoms with van der Waals surface area (Å²) in [5, 5.41) is 6.27. The van der Waals surface area contributed by atoms with Crippen LogP contribution in [0.15, 0.2) is 55.6 Å². The Kier molecular flexibility index (Phi) is 3.58. The fraction of sp³-hybridized carbons (Fsp3) is 0.0833. The van der Waals surface area contributed by atoms with Gasteiger partial charge in [-0.1, -0.05) is 73.9 Å². The molecule has 1 heteroatoms. The number of aromatic amines is 1. The molecule has 0 saturated heterocycles. The first-order valence-corrected chi connectivity index (χ1v) is 8.58. The predicted molar refractivity (Wildman–Crippen MR) is 113 cm³/mol. The summed E-state index contributed by atoms with van der Waals surface area (Å²) in [6.45, 7) is 12.4. The quantitative estimate of drug-likeness (QED) is 0.387. The number of fused-ring (bicyclic) bond motifs is 5. The largest absolute Gasteiger partial charge is 0.358 e. The highest BCUT2D eigenvalue weighted by Gasteiger charge is 2.17. The molecule has 0 aliphatic carbocycles. The fourth-order valence-electron chi connectivity index (χ4n) is 3.96. The van der Waals surface area contributed by atoms with Crippen LogP contribution in [0.1, 0.15) is 29.3 Å². The van der Waals surface area contributed by atoms with Gasteiger partial charge in [0.25, 0.3) is 0 Å². The highest BCUT2D eigenvalue weighted by atomic mass is 14.7. The number of rotatable bonds is 3. The van der Waals surface area contributed by atoms with Crippen LogP contribution in [0.2, 0.25) is 0 Å². The standard InChI is InChI=1S/C24H21N/c1-5-10-19-15(4)25-24-18(7-3)17(6-2)22-20-12-9-8-11-16(20)13-14-21(22)23(19)24/h5-14,25H,2-3H2,1,4H3/b10-5-. The van der Waals surface area contributed by atoms with Crippen LogP contribution in [0.3, 0.4) is 0 Å². The molecule has 1 aromatic heterocycles. The summed E-state index contributed by atoms with van der Waals surface area (Å²) in [4.78, 5) is 3.58. The summed E-state index contributed by atoms with van der Waals surface area (Å²) in [5.74, 6) is 0. The normalized spacial score (nSPS) is 11.8. The third-order valence-electron chi connectivity index (χ3n) is 5.00. The maximum absolute atomic E-state index is 4.09. The number of benzene rings is 3. The maximum atomic E-state index is 4.09. The Morgan fingerprint density at radius 2 is 1.60 bits per heavy atom. The van der Waals surface area contributed by atoms with Gasteiger partial charge in [-0.3, -0.25) is 0 Å². The lowest BCUT2D eigenvalue weighted by molar-refractivity contribution is 1.29. The number of aromatic nitrogens is 1. The van der Waals surface area contributed by atoms with E-state index in [4.69, 9.17) is 0 Å². The molecule has 0 bridgehead atoms. The van der Waals surface area contributed by atoms with Gasteiger partial charge in [-0.25, -0.2) is 0 Å². The average Bonchev–Trinajstić information content (AvgIpc) is 2.96. The molecule has 0 spiro atoms. The number of hydrogen-bond donors (Lipinski definition) is 1. The molecule has 1 heterocycles. The molecule has 4 rings (SSSR count). The molecule has 0 aliphatic heterocycles. The Bertz CT molecular complexity index is 1190. The molecule has 0 aliphatic rings. The van der Waals surface area contributed by atoms with E-state index in [0.29, 0.717) is 0 Å². The van der Waals surface area contributed by atoms with Gasteiger partial charge in [0.1, 0.15) is 0 Å². The summed E-state index contributed by atoms with van der Waals surface area (Å²) in [6, 6.07) is 13.0. The van der Waals surface area contributed by atoms with Gasteiger partial charge in [-0.15, -0.1) is 0 Å². The van der Waals surface area contributed by atoms with Gasteiger partial charge in [0.05, 0.1) is 5.52 Å². The van der Waals surface area contributed by atoms with E-state index in [9.17, 15) is 0 Å². The zero-order chi connectivity index (χ0) is 17.6. The van der Waals surface area contributed by atoms with E-state index in [1.54, 1.807) is 0 Å². The summed E-state index contributed by atoms with van der Waals surface area (Å²) in [7, 11) is 0. The van der Waals surface area contributed by atoms with Gasteiger partial charge in [0.15, 0.2) is 0 Å². The van der Waals surface area contributed by atoms with Gasteiger partial charge < -0.3 is 4.98 Å². The number of H-pyrrole nitrogens is 1. The van der Waals surface area contributed by atoms with Crippen molar-refractivity contribution in [3.05, 3.63) is 78.0 Å². The first kappa shape index (κ1) is 15.5. The van der Waals surface area contributed by atoms with Gasteiger partial charge in [0, 0.05) is 22.2 Å². The van der Waals surface area contributed by atoms with Crippen molar-refractivity contribution in [3.8, 4) is 0 Å². The minimum atomic E-state index is 1.12. The van der Waals surface area contributed by atoms with Crippen LogP contribution in [-0.2, 0) is 0 Å². The van der Waals surface area contributed by atoms with Crippen molar-refractivity contribution < 1.29 is 0 Å². The molecule has 1 N–H and O–H groups in total. The minimum Gasteiger partial charge on any atom is -0.358 e. The van der Waals surface area contributed by atoms with E-state index < -0.39 is 0 Å². The van der Waals surface area contributed by atoms with Crippen molar-refractivity contribution >= 4 is 50.7 Å². The summed E-state index contributed by atoms with van der Waals surface area (Å²) in [6.07, 6.45) is 8.17. The lowest BCUT2D eigenvalue weighted by Crippen LogP contribution is -1.90. The molecule has 25 heavy (non-hydrogen) atoms. The molecule has 0 fully saturated rings. The van der Waals surface area contributed by atoms with Crippen LogP contribution in [0, 0.1) is 6.92 Å². The Morgan fingerprint density at radius 1 is 0.840 bits per heavy atom. The minimum absolute atomic E-state index is 1.12. The molecule has 0 saturated carbocycles. The van der Waals surface area contributed by atoms with Crippen LogP contribution in [0.25, 0.3) is 50.7 Å². The van der Waals surface area contributed by atoms with Crippen LogP contribution in [-0.4, -0.2) is 4.98 Å². The van der Waals surface area contributed by atoms with Crippen molar-refractivity contribution in [1.82, 2.24) is 4.98 Å². The van der Waals surface area contributed by atoms with Gasteiger partial charge in [-0.2, -0.15) is 0 Å². The van der Waals surface area contributed by atoms with Crippen LogP contribution in [0.5, 0.6) is 0 Å². The average molecular weight is 323 g/mol. The van der Waals surface area contributed by atoms with E-state index in [0.717, 1.165) is 16.6 Å². The van der Waals surface area contributed by atoms with Crippen molar-refractivity contribution in [2.45, 2.75) is 13.8 Å². The van der Waals surface area contributed by atoms with Crippen molar-refractivity contribution in [2.75, 3.05) is 0 Å². The molecule has 1 nitrogen and oxygen atoms in total. The number of allylic oxidation sites excluding steroid dienone is 1. The first-order chi connectivity index (χ1) is 12.2. The summed E-state index contributed by atoms with van der Waals surface area (Å²) >= 11 is 0. The van der Waals surface area contributed by atoms with E-state index >= 15 is 0 Å². The molecule has 0 unspecified atom stereocenters. The van der Waals surface area contributed by atoms with Crippen molar-refractivity contribution in [3.63, 3.8) is 0 Å². The smallest absolute Gasteiger partial charge is 0.0548 e. The Morgan fingerprint density at radius 3 is 2.32 bits per heavy atom. The molecule has 0 amide bonds. The van der Waals surface area contributed by atoms with E-state index in [1.807, 2.05) is 12.2 Å². The second-order valence-corrected chi connectivity index (χ2v) is 6.36. The topological polar surface area (TPSA) is 15.8 Å². The zero-order valence-corrected chi connectivity index (χ0v) is 14.7. The number of hydrogen-bond acceptors (Lipinski definition) is 0. The van der Waals surface area contributed by atoms with Gasteiger partial charge in [-0.05, 0) is 41.0 Å². The first-order valence-electron chi connectivity index (χ1n) is 8.58. The van der Waals surface area contributed by atoms with Gasteiger partial charge in [0.2, 0.25) is 0 Å². The van der Waals surface area contributed by atoms with E-state index in [-0.39, 0.29) is 0 Å². The predicted octanol–water partition coefficient (Wildman–Crippen LogP) is 7.10. The van der Waals surface area contributed by atoms with Crippen molar-refractivity contribution in [1.29, 1.82) is 0 Å². The second kappa shape index (κ2) is 5.78. The molecule has 122 valence electrons. The summed E-state index contributed by atoms with van der Waals surface area (Å²) < 4.78 is 0. The Hall–Kier alpha value is -3.06. The van der Waals surface area contributed by atoms with Gasteiger partial charge >= 0.3 is 0 Å². The number of nitrogens with one attached hydrogen (secondary N) is 1. The second-order valence-electron chi connectivity index (χ2n) is 6.36. The Labute approximate surface area is 148 Å². The fourth-order valence-corrected chi connectivity index (χ4v) is 3.96. The zero-order valence-electron chi connectivity index (χ0n) is 14.7. The third kappa shape index (κ3) is 2.09. The van der Waals surface area contributed by atoms with Crippen LogP contribution >= 0.6 is 0 Å². The summed E-state index contributed by atoms with van der Waals surface area (Å²) in [5.41, 5.74) is 5.82. The lowest BCUT2D eigenvalue weighted by atomic mass is 9.90. The van der Waals surface area contributed by atoms with Crippen molar-refractivity contribution in [2.24, 2.45) is 0 Å². The molecule has 4 aromatic rings. The SMILES string of the molecule is C=Cc1c(C=C)c2c3ccccc3ccc2c2c(/C=C\C)c(C)[nH]c12. The van der Waals surface area contributed by atoms with Crippen LogP contribution in [0.4, 0.5) is 0 Å². The molecule has 0 atom stereocenters. The molecular formula is C24H21N. The lowest BCUT2D eigenvalue weighted by Gasteiger charge is -2.13. The monoisotopic (exact) mass is 323 g/mol. The van der Waals surface area contributed by atoms with E-state index in [2.05, 4.69) is 80.5 Å². The Balaban J connectivity index is 2.41. The third-order valence-corrected chi connectivity index (χ3v) is 5.00. The maximum Gasteiger partial charge on any atom is 0.0548 e. The van der Waals surface area contributed by atoms with E-state index in [1.165, 1.54) is 38.2 Å². The van der Waals surface area contributed by atoms with Crippen LogP contribution < -0.4 is 0 Å². The highest BCUT2D eigenvalue weighted by Crippen LogP contribution is 2.40. The highest BCUT2D eigenvalue weighted by molar-refractivity contribution is 6.24. The molecule has 0 radical (unpaired) electrons. The molecular weight excluding hydrogens is 302 g/mol. The number of aryl methyl sites for hydroxylation is 1. The molecule has 3 aromatic carbocycles.